The van der Waals surface area contributed by atoms with E-state index < -0.39 is 11.8 Å². The minimum absolute atomic E-state index is 0.206. The van der Waals surface area contributed by atoms with E-state index in [1.807, 2.05) is 37.2 Å². The summed E-state index contributed by atoms with van der Waals surface area (Å²) in [6.07, 6.45) is 2.48. The molecule has 0 aliphatic carbocycles. The molecular formula is C19H17ClFN3O2. The Bertz CT molecular complexity index is 1010. The normalized spacial score (nSPS) is 11.4. The van der Waals surface area contributed by atoms with Gasteiger partial charge in [0, 0.05) is 41.8 Å². The van der Waals surface area contributed by atoms with Crippen molar-refractivity contribution in [2.24, 2.45) is 0 Å². The number of aliphatic carboxylic acids is 1. The van der Waals surface area contributed by atoms with E-state index in [0.29, 0.717) is 16.3 Å². The van der Waals surface area contributed by atoms with Crippen LogP contribution < -0.4 is 4.90 Å². The van der Waals surface area contributed by atoms with Crippen molar-refractivity contribution >= 4 is 40.2 Å². The molecule has 5 nitrogen and oxygen atoms in total. The number of anilines is 1. The Balaban J connectivity index is 2.12. The molecule has 0 aliphatic rings. The van der Waals surface area contributed by atoms with Gasteiger partial charge < -0.3 is 10.0 Å². The standard InChI is InChI=1S/C19H17ClFN3O2/c1-23(2)14-5-6-15-17(7-8-19(25)26)22-24(18(15)10-14)11-12-3-4-13(20)9-16(12)21/h3-10H,11H2,1-2H3,(H,25,26)/b8-7+. The lowest BCUT2D eigenvalue weighted by atomic mass is 10.1. The van der Waals surface area contributed by atoms with E-state index >= 15 is 0 Å². The van der Waals surface area contributed by atoms with Gasteiger partial charge in [-0.1, -0.05) is 17.7 Å². The monoisotopic (exact) mass is 373 g/mol. The van der Waals surface area contributed by atoms with Crippen molar-refractivity contribution in [2.75, 3.05) is 19.0 Å². The largest absolute Gasteiger partial charge is 0.478 e. The van der Waals surface area contributed by atoms with Gasteiger partial charge in [-0.25, -0.2) is 9.18 Å². The smallest absolute Gasteiger partial charge is 0.328 e. The fraction of sp³-hybridized carbons (Fsp3) is 0.158. The summed E-state index contributed by atoms with van der Waals surface area (Å²) in [6.45, 7) is 0.206. The van der Waals surface area contributed by atoms with Crippen molar-refractivity contribution < 1.29 is 14.3 Å². The molecule has 134 valence electrons. The van der Waals surface area contributed by atoms with Crippen LogP contribution in [0.4, 0.5) is 10.1 Å². The molecule has 0 spiro atoms. The van der Waals surface area contributed by atoms with Gasteiger partial charge in [0.2, 0.25) is 0 Å². The summed E-state index contributed by atoms with van der Waals surface area (Å²) in [5, 5.41) is 14.5. The average molecular weight is 374 g/mol. The Morgan fingerprint density at radius 1 is 1.31 bits per heavy atom. The summed E-state index contributed by atoms with van der Waals surface area (Å²) < 4.78 is 15.8. The molecule has 7 heteroatoms. The molecule has 3 aromatic rings. The number of fused-ring (bicyclic) bond motifs is 1. The second-order valence-electron chi connectivity index (χ2n) is 6.05. The molecule has 1 N–H and O–H groups in total. The van der Waals surface area contributed by atoms with E-state index in [4.69, 9.17) is 16.7 Å². The molecule has 0 fully saturated rings. The molecule has 0 aliphatic heterocycles. The summed E-state index contributed by atoms with van der Waals surface area (Å²) in [5.74, 6) is -1.46. The molecule has 1 heterocycles. The average Bonchev–Trinajstić information content (AvgIpc) is 2.92. The molecule has 3 rings (SSSR count). The van der Waals surface area contributed by atoms with Crippen molar-refractivity contribution in [3.05, 3.63) is 64.6 Å². The highest BCUT2D eigenvalue weighted by atomic mass is 35.5. The van der Waals surface area contributed by atoms with Crippen molar-refractivity contribution in [1.29, 1.82) is 0 Å². The van der Waals surface area contributed by atoms with Crippen molar-refractivity contribution in [1.82, 2.24) is 9.78 Å². The third-order valence-electron chi connectivity index (χ3n) is 4.00. The lowest BCUT2D eigenvalue weighted by Gasteiger charge is -2.13. The third kappa shape index (κ3) is 3.70. The van der Waals surface area contributed by atoms with Gasteiger partial charge in [-0.15, -0.1) is 0 Å². The summed E-state index contributed by atoms with van der Waals surface area (Å²) in [5.41, 5.74) is 2.71. The van der Waals surface area contributed by atoms with E-state index in [1.165, 1.54) is 12.1 Å². The quantitative estimate of drug-likeness (QED) is 0.686. The van der Waals surface area contributed by atoms with Crippen LogP contribution in [0.2, 0.25) is 5.02 Å². The van der Waals surface area contributed by atoms with Gasteiger partial charge in [0.1, 0.15) is 5.82 Å². The van der Waals surface area contributed by atoms with Crippen LogP contribution in [0.3, 0.4) is 0 Å². The van der Waals surface area contributed by atoms with Gasteiger partial charge in [0.25, 0.3) is 0 Å². The number of carboxylic acid groups (broad SMARTS) is 1. The number of hydrogen-bond donors (Lipinski definition) is 1. The first-order valence-corrected chi connectivity index (χ1v) is 8.26. The second-order valence-corrected chi connectivity index (χ2v) is 6.48. The fourth-order valence-electron chi connectivity index (χ4n) is 2.67. The third-order valence-corrected chi connectivity index (χ3v) is 4.23. The lowest BCUT2D eigenvalue weighted by Crippen LogP contribution is -2.09. The Labute approximate surface area is 154 Å². The number of aromatic nitrogens is 2. The van der Waals surface area contributed by atoms with Gasteiger partial charge in [0.05, 0.1) is 17.8 Å². The van der Waals surface area contributed by atoms with Crippen molar-refractivity contribution in [3.8, 4) is 0 Å². The number of rotatable bonds is 5. The zero-order valence-corrected chi connectivity index (χ0v) is 15.0. The van der Waals surface area contributed by atoms with Crippen molar-refractivity contribution in [2.45, 2.75) is 6.54 Å². The Morgan fingerprint density at radius 2 is 2.08 bits per heavy atom. The summed E-state index contributed by atoms with van der Waals surface area (Å²) in [7, 11) is 3.85. The van der Waals surface area contributed by atoms with Crippen LogP contribution in [0.5, 0.6) is 0 Å². The second kappa shape index (κ2) is 7.17. The predicted octanol–water partition coefficient (Wildman–Crippen LogP) is 4.04. The molecule has 0 unspecified atom stereocenters. The summed E-state index contributed by atoms with van der Waals surface area (Å²) in [6, 6.07) is 10.3. The van der Waals surface area contributed by atoms with Crippen LogP contribution in [0.25, 0.3) is 17.0 Å². The number of carbonyl (C=O) groups is 1. The highest BCUT2D eigenvalue weighted by Gasteiger charge is 2.13. The van der Waals surface area contributed by atoms with E-state index in [-0.39, 0.29) is 6.54 Å². The predicted molar refractivity (Wildman–Crippen MR) is 101 cm³/mol. The Morgan fingerprint density at radius 3 is 2.73 bits per heavy atom. The van der Waals surface area contributed by atoms with E-state index in [1.54, 1.807) is 16.8 Å². The van der Waals surface area contributed by atoms with Gasteiger partial charge in [0.15, 0.2) is 0 Å². The van der Waals surface area contributed by atoms with Gasteiger partial charge in [-0.3, -0.25) is 4.68 Å². The number of carboxylic acids is 1. The van der Waals surface area contributed by atoms with Crippen LogP contribution >= 0.6 is 11.6 Å². The topological polar surface area (TPSA) is 58.4 Å². The fourth-order valence-corrected chi connectivity index (χ4v) is 2.83. The first kappa shape index (κ1) is 17.9. The molecule has 26 heavy (non-hydrogen) atoms. The minimum Gasteiger partial charge on any atom is -0.478 e. The first-order chi connectivity index (χ1) is 12.3. The highest BCUT2D eigenvalue weighted by Crippen LogP contribution is 2.26. The highest BCUT2D eigenvalue weighted by molar-refractivity contribution is 6.30. The van der Waals surface area contributed by atoms with Crippen molar-refractivity contribution in [3.63, 3.8) is 0 Å². The summed E-state index contributed by atoms with van der Waals surface area (Å²) in [4.78, 5) is 12.8. The lowest BCUT2D eigenvalue weighted by molar-refractivity contribution is -0.131. The summed E-state index contributed by atoms with van der Waals surface area (Å²) >= 11 is 5.81. The van der Waals surface area contributed by atoms with Crippen LogP contribution in [-0.4, -0.2) is 35.0 Å². The maximum atomic E-state index is 14.2. The number of hydrogen-bond acceptors (Lipinski definition) is 3. The zero-order chi connectivity index (χ0) is 18.8. The van der Waals surface area contributed by atoms with Crippen LogP contribution in [0.1, 0.15) is 11.3 Å². The first-order valence-electron chi connectivity index (χ1n) is 7.88. The molecule has 2 aromatic carbocycles. The van der Waals surface area contributed by atoms with Crippen LogP contribution in [0.15, 0.2) is 42.5 Å². The molecule has 0 amide bonds. The van der Waals surface area contributed by atoms with Gasteiger partial charge in [-0.05, 0) is 36.4 Å². The Kier molecular flexibility index (Phi) is 4.95. The van der Waals surface area contributed by atoms with Gasteiger partial charge >= 0.3 is 5.97 Å². The molecular weight excluding hydrogens is 357 g/mol. The molecule has 0 saturated heterocycles. The molecule has 0 radical (unpaired) electrons. The number of halogens is 2. The Hall–Kier alpha value is -2.86. The maximum absolute atomic E-state index is 14.2. The van der Waals surface area contributed by atoms with Gasteiger partial charge in [-0.2, -0.15) is 5.10 Å². The molecule has 0 atom stereocenters. The minimum atomic E-state index is -1.05. The number of nitrogens with zero attached hydrogens (tertiary/aromatic N) is 3. The van der Waals surface area contributed by atoms with E-state index in [9.17, 15) is 9.18 Å². The zero-order valence-electron chi connectivity index (χ0n) is 14.3. The van der Waals surface area contributed by atoms with Crippen LogP contribution in [-0.2, 0) is 11.3 Å². The molecule has 0 bridgehead atoms. The van der Waals surface area contributed by atoms with E-state index in [0.717, 1.165) is 22.7 Å². The SMILES string of the molecule is CN(C)c1ccc2c(/C=C/C(=O)O)nn(Cc3ccc(Cl)cc3F)c2c1. The molecule has 1 aromatic heterocycles. The van der Waals surface area contributed by atoms with Crippen LogP contribution in [0, 0.1) is 5.82 Å². The maximum Gasteiger partial charge on any atom is 0.328 e. The molecule has 0 saturated carbocycles. The number of benzene rings is 2. The van der Waals surface area contributed by atoms with E-state index in [2.05, 4.69) is 5.10 Å².